The fourth-order valence-corrected chi connectivity index (χ4v) is 11.9. The molecule has 0 aromatic carbocycles. The molecule has 5 atom stereocenters. The molecule has 18 heteroatoms. The molecule has 0 heterocycles. The van der Waals surface area contributed by atoms with Gasteiger partial charge < -0.3 is 34.2 Å². The molecule has 0 fully saturated rings. The van der Waals surface area contributed by atoms with Crippen molar-refractivity contribution in [3.05, 3.63) is 85.1 Å². The average Bonchev–Trinajstić information content (AvgIpc) is 2.13. The quantitative estimate of drug-likeness (QED) is 0.0146. The van der Waals surface area contributed by atoms with Gasteiger partial charge in [0.15, 0.2) is 6.10 Å². The molecule has 0 spiro atoms. The summed E-state index contributed by atoms with van der Waals surface area (Å²) in [6, 6.07) is 0. The first kappa shape index (κ1) is 91.7. The number of unbranched alkanes of at least 4 members (excludes halogenated alkanes) is 35. The Morgan fingerprint density at radius 3 is 0.905 bits per heavy atom. The van der Waals surface area contributed by atoms with Crippen LogP contribution in [-0.4, -0.2) is 95.9 Å². The Hall–Kier alpha value is -3.27. The van der Waals surface area contributed by atoms with Crippen LogP contribution in [0.1, 0.15) is 329 Å². The SMILES string of the molecule is CC/C=C\C/C=C\C/C=C\CCCCCCCC(=O)OCC(COP(=O)(O)OCC(O)COP(=O)(O)OCC(O)COC(=O)CCCCCCCCCCCCCCC/C=C\C/C=C\C/C=C\C/C=C\CCCCC)OC(=O)CCCCCCCCCCCCCCCCC. The number of phosphoric acid groups is 2. The highest BCUT2D eigenvalue weighted by molar-refractivity contribution is 7.47. The third kappa shape index (κ3) is 71.8. The lowest BCUT2D eigenvalue weighted by Gasteiger charge is -2.21. The van der Waals surface area contributed by atoms with Crippen LogP contribution in [0.2, 0.25) is 0 Å². The summed E-state index contributed by atoms with van der Waals surface area (Å²) in [4.78, 5) is 58.5. The smallest absolute Gasteiger partial charge is 0.463 e. The van der Waals surface area contributed by atoms with Gasteiger partial charge in [-0.3, -0.25) is 32.5 Å². The van der Waals surface area contributed by atoms with Crippen LogP contribution < -0.4 is 0 Å². The number of phosphoric ester groups is 2. The minimum Gasteiger partial charge on any atom is -0.463 e. The van der Waals surface area contributed by atoms with Crippen molar-refractivity contribution in [2.75, 3.05) is 39.6 Å². The average molecular weight is 1380 g/mol. The molecule has 0 aliphatic rings. The maximum atomic E-state index is 12.9. The van der Waals surface area contributed by atoms with Crippen molar-refractivity contribution in [3.63, 3.8) is 0 Å². The zero-order chi connectivity index (χ0) is 69.5. The van der Waals surface area contributed by atoms with Crippen LogP contribution in [0.5, 0.6) is 0 Å². The molecule has 0 aromatic heterocycles. The number of aliphatic hydroxyl groups is 2. The van der Waals surface area contributed by atoms with Crippen LogP contribution in [0.25, 0.3) is 0 Å². The number of carbonyl (C=O) groups excluding carboxylic acids is 3. The summed E-state index contributed by atoms with van der Waals surface area (Å²) >= 11 is 0. The number of carbonyl (C=O) groups is 3. The number of hydrogen-bond acceptors (Lipinski definition) is 14. The van der Waals surface area contributed by atoms with Crippen molar-refractivity contribution < 1.29 is 75.8 Å². The Bertz CT molecular complexity index is 2070. The Labute approximate surface area is 578 Å². The molecular formula is C77H138O16P2. The number of esters is 3. The lowest BCUT2D eigenvalue weighted by atomic mass is 10.0. The van der Waals surface area contributed by atoms with Crippen LogP contribution in [0.15, 0.2) is 85.1 Å². The molecule has 0 saturated heterocycles. The first-order valence-corrected chi connectivity index (χ1v) is 40.9. The molecule has 0 rings (SSSR count). The molecule has 95 heavy (non-hydrogen) atoms. The standard InChI is InChI=1S/C77H138O16P2/c1-4-7-10-13-16-19-22-25-28-29-30-31-32-33-34-35-36-37-38-39-40-41-44-46-48-51-54-57-60-63-75(80)87-66-72(78)67-89-94(83,84)90-68-73(79)69-91-95(85,86)92-71-74(93-77(82)65-62-59-56-53-50-47-43-27-24-21-18-15-12-9-6-3)70-88-76(81)64-61-58-55-52-49-45-42-26-23-20-17-14-11-8-5-2/h8,11,16-17,19-20,25-26,28,30-31,33-34,42,72-74,78-79H,4-7,9-10,12-15,18,21-24,27,29,32,35-41,43-71H2,1-3H3,(H,83,84)(H,85,86)/b11-8-,19-16-,20-17-,28-25-,31-30-,34-33-,42-26-. The third-order valence-corrected chi connectivity index (χ3v) is 18.0. The highest BCUT2D eigenvalue weighted by atomic mass is 31.2. The van der Waals surface area contributed by atoms with Crippen LogP contribution >= 0.6 is 15.6 Å². The topological polar surface area (TPSA) is 231 Å². The molecule has 0 aromatic rings. The van der Waals surface area contributed by atoms with Gasteiger partial charge in [0.1, 0.15) is 25.4 Å². The van der Waals surface area contributed by atoms with Gasteiger partial charge in [-0.15, -0.1) is 0 Å². The largest absolute Gasteiger partial charge is 0.472 e. The number of allylic oxidation sites excluding steroid dienone is 14. The second kappa shape index (κ2) is 70.6. The van der Waals surface area contributed by atoms with Gasteiger partial charge >= 0.3 is 33.6 Å². The Morgan fingerprint density at radius 1 is 0.305 bits per heavy atom. The predicted octanol–water partition coefficient (Wildman–Crippen LogP) is 21.7. The van der Waals surface area contributed by atoms with Gasteiger partial charge in [-0.25, -0.2) is 9.13 Å². The predicted molar refractivity (Wildman–Crippen MR) is 390 cm³/mol. The van der Waals surface area contributed by atoms with E-state index in [-0.39, 0.29) is 19.3 Å². The minimum absolute atomic E-state index is 0.105. The molecule has 5 unspecified atom stereocenters. The summed E-state index contributed by atoms with van der Waals surface area (Å²) < 4.78 is 61.0. The lowest BCUT2D eigenvalue weighted by Crippen LogP contribution is -2.30. The molecule has 0 saturated carbocycles. The molecule has 0 aliphatic heterocycles. The van der Waals surface area contributed by atoms with E-state index in [1.54, 1.807) is 0 Å². The fourth-order valence-electron chi connectivity index (χ4n) is 10.3. The minimum atomic E-state index is -4.92. The van der Waals surface area contributed by atoms with Gasteiger partial charge in [0.05, 0.1) is 26.4 Å². The number of hydrogen-bond donors (Lipinski definition) is 4. The van der Waals surface area contributed by atoms with E-state index in [1.807, 2.05) is 0 Å². The zero-order valence-corrected chi connectivity index (χ0v) is 61.9. The van der Waals surface area contributed by atoms with Crippen LogP contribution in [0.3, 0.4) is 0 Å². The van der Waals surface area contributed by atoms with E-state index < -0.39 is 91.5 Å². The van der Waals surface area contributed by atoms with Crippen molar-refractivity contribution in [2.45, 2.75) is 347 Å². The highest BCUT2D eigenvalue weighted by Gasteiger charge is 2.29. The maximum Gasteiger partial charge on any atom is 0.472 e. The molecular weight excluding hydrogens is 1240 g/mol. The van der Waals surface area contributed by atoms with E-state index in [1.165, 1.54) is 148 Å². The van der Waals surface area contributed by atoms with Crippen molar-refractivity contribution in [1.29, 1.82) is 0 Å². The summed E-state index contributed by atoms with van der Waals surface area (Å²) in [6.07, 6.45) is 77.8. The molecule has 0 radical (unpaired) electrons. The van der Waals surface area contributed by atoms with Gasteiger partial charge in [-0.1, -0.05) is 298 Å². The Kier molecular flexibility index (Phi) is 68.2. The van der Waals surface area contributed by atoms with Crippen LogP contribution in [0.4, 0.5) is 0 Å². The zero-order valence-electron chi connectivity index (χ0n) is 60.1. The van der Waals surface area contributed by atoms with Crippen molar-refractivity contribution in [3.8, 4) is 0 Å². The molecule has 0 bridgehead atoms. The third-order valence-electron chi connectivity index (χ3n) is 16.1. The molecule has 16 nitrogen and oxygen atoms in total. The van der Waals surface area contributed by atoms with Gasteiger partial charge in [0.2, 0.25) is 0 Å². The molecule has 0 amide bonds. The number of rotatable bonds is 72. The first-order valence-electron chi connectivity index (χ1n) is 37.9. The second-order valence-electron chi connectivity index (χ2n) is 25.4. The van der Waals surface area contributed by atoms with Crippen LogP contribution in [-0.2, 0) is 55.8 Å². The lowest BCUT2D eigenvalue weighted by molar-refractivity contribution is -0.161. The van der Waals surface area contributed by atoms with Gasteiger partial charge in [0.25, 0.3) is 0 Å². The second-order valence-corrected chi connectivity index (χ2v) is 28.3. The summed E-state index contributed by atoms with van der Waals surface area (Å²) in [5.41, 5.74) is 0. The van der Waals surface area contributed by atoms with Gasteiger partial charge in [-0.05, 0) is 96.3 Å². The summed E-state index contributed by atoms with van der Waals surface area (Å²) in [7, 11) is -9.78. The highest BCUT2D eigenvalue weighted by Crippen LogP contribution is 2.45. The monoisotopic (exact) mass is 1380 g/mol. The maximum absolute atomic E-state index is 12.9. The van der Waals surface area contributed by atoms with Crippen LogP contribution in [0, 0.1) is 0 Å². The van der Waals surface area contributed by atoms with Crippen molar-refractivity contribution in [2.24, 2.45) is 0 Å². The Morgan fingerprint density at radius 2 is 0.558 bits per heavy atom. The number of aliphatic hydroxyl groups excluding tert-OH is 2. The van der Waals surface area contributed by atoms with Crippen molar-refractivity contribution in [1.82, 2.24) is 0 Å². The van der Waals surface area contributed by atoms with E-state index in [9.17, 15) is 43.5 Å². The molecule has 4 N–H and O–H groups in total. The van der Waals surface area contributed by atoms with Gasteiger partial charge in [0, 0.05) is 19.3 Å². The Balaban J connectivity index is 4.46. The van der Waals surface area contributed by atoms with Crippen molar-refractivity contribution >= 4 is 33.6 Å². The summed E-state index contributed by atoms with van der Waals surface area (Å²) in [5.74, 6) is -1.58. The van der Waals surface area contributed by atoms with Gasteiger partial charge in [-0.2, -0.15) is 0 Å². The van der Waals surface area contributed by atoms with E-state index >= 15 is 0 Å². The first-order chi connectivity index (χ1) is 46.2. The van der Waals surface area contributed by atoms with E-state index in [0.717, 1.165) is 122 Å². The van der Waals surface area contributed by atoms with E-state index in [2.05, 4.69) is 106 Å². The molecule has 0 aliphatic carbocycles. The summed E-state index contributed by atoms with van der Waals surface area (Å²) in [6.45, 7) is 2.55. The fraction of sp³-hybridized carbons (Fsp3) is 0.779. The molecule has 552 valence electrons. The van der Waals surface area contributed by atoms with E-state index in [4.69, 9.17) is 32.3 Å². The van der Waals surface area contributed by atoms with E-state index in [0.29, 0.717) is 19.3 Å². The summed E-state index contributed by atoms with van der Waals surface area (Å²) in [5, 5.41) is 20.6. The number of ether oxygens (including phenoxy) is 3. The normalized spacial score (nSPS) is 14.6.